The summed E-state index contributed by atoms with van der Waals surface area (Å²) < 4.78 is 7.66. The normalized spacial score (nSPS) is 10.8. The number of nitrogens with zero attached hydrogens (tertiary/aromatic N) is 2. The number of benzene rings is 3. The molecule has 172 valence electrons. The maximum absolute atomic E-state index is 13.0. The molecule has 6 nitrogen and oxygen atoms in total. The molecule has 0 unspecified atom stereocenters. The predicted octanol–water partition coefficient (Wildman–Crippen LogP) is 4.65. The molecule has 1 heterocycles. The first kappa shape index (κ1) is 23.0. The standard InChI is InChI=1S/C28H27N3O3/c1-19-26(20(2)31(30-19)17-21-8-14-24(15-9-21)28(29)33)16-27(32)23-12-10-22(11-13-23)18-34-25-6-4-3-5-7-25/h3-15H,16-18H2,1-2H3,(H2,29,33). The maximum atomic E-state index is 13.0. The van der Waals surface area contributed by atoms with Gasteiger partial charge in [0.2, 0.25) is 5.91 Å². The molecule has 0 aliphatic carbocycles. The van der Waals surface area contributed by atoms with E-state index in [9.17, 15) is 9.59 Å². The molecule has 0 aliphatic rings. The first-order valence-corrected chi connectivity index (χ1v) is 11.1. The molecule has 3 aromatic carbocycles. The first-order chi connectivity index (χ1) is 16.4. The van der Waals surface area contributed by atoms with E-state index in [2.05, 4.69) is 5.10 Å². The van der Waals surface area contributed by atoms with Gasteiger partial charge in [-0.15, -0.1) is 0 Å². The maximum Gasteiger partial charge on any atom is 0.248 e. The number of primary amides is 1. The van der Waals surface area contributed by atoms with Crippen LogP contribution in [0.4, 0.5) is 0 Å². The number of carbonyl (C=O) groups excluding carboxylic acids is 2. The van der Waals surface area contributed by atoms with Crippen LogP contribution >= 0.6 is 0 Å². The largest absolute Gasteiger partial charge is 0.489 e. The van der Waals surface area contributed by atoms with Gasteiger partial charge in [0, 0.05) is 28.8 Å². The predicted molar refractivity (Wildman–Crippen MR) is 131 cm³/mol. The van der Waals surface area contributed by atoms with Gasteiger partial charge in [-0.2, -0.15) is 5.10 Å². The van der Waals surface area contributed by atoms with Crippen LogP contribution in [0.2, 0.25) is 0 Å². The number of rotatable bonds is 9. The monoisotopic (exact) mass is 453 g/mol. The van der Waals surface area contributed by atoms with Crippen LogP contribution in [-0.2, 0) is 19.6 Å². The van der Waals surface area contributed by atoms with Crippen molar-refractivity contribution in [3.8, 4) is 5.75 Å². The molecule has 2 N–H and O–H groups in total. The van der Waals surface area contributed by atoms with Crippen LogP contribution in [0.5, 0.6) is 5.75 Å². The molecule has 0 fully saturated rings. The van der Waals surface area contributed by atoms with Gasteiger partial charge in [0.15, 0.2) is 5.78 Å². The summed E-state index contributed by atoms with van der Waals surface area (Å²) in [6.07, 6.45) is 0.290. The Labute approximate surface area is 199 Å². The molecule has 0 saturated carbocycles. The van der Waals surface area contributed by atoms with Crippen LogP contribution < -0.4 is 10.5 Å². The Bertz CT molecular complexity index is 1290. The van der Waals surface area contributed by atoms with Crippen molar-refractivity contribution in [3.05, 3.63) is 118 Å². The summed E-state index contributed by atoms with van der Waals surface area (Å²) in [5, 5.41) is 4.63. The third-order valence-corrected chi connectivity index (χ3v) is 5.86. The zero-order chi connectivity index (χ0) is 24.1. The topological polar surface area (TPSA) is 87.2 Å². The lowest BCUT2D eigenvalue weighted by atomic mass is 10.0. The number of aromatic nitrogens is 2. The number of ketones is 1. The van der Waals surface area contributed by atoms with E-state index in [1.165, 1.54) is 0 Å². The summed E-state index contributed by atoms with van der Waals surface area (Å²) >= 11 is 0. The highest BCUT2D eigenvalue weighted by atomic mass is 16.5. The second kappa shape index (κ2) is 10.2. The average Bonchev–Trinajstić information content (AvgIpc) is 3.11. The number of para-hydroxylation sites is 1. The minimum absolute atomic E-state index is 0.0482. The minimum Gasteiger partial charge on any atom is -0.489 e. The Hall–Kier alpha value is -4.19. The Morgan fingerprint density at radius 3 is 2.12 bits per heavy atom. The van der Waals surface area contributed by atoms with E-state index >= 15 is 0 Å². The molecule has 1 amide bonds. The lowest BCUT2D eigenvalue weighted by Crippen LogP contribution is -2.11. The lowest BCUT2D eigenvalue weighted by molar-refractivity contribution is 0.0987. The quantitative estimate of drug-likeness (QED) is 0.374. The fraction of sp³-hybridized carbons (Fsp3) is 0.179. The second-order valence-corrected chi connectivity index (χ2v) is 8.27. The van der Waals surface area contributed by atoms with Crippen molar-refractivity contribution in [2.45, 2.75) is 33.4 Å². The summed E-state index contributed by atoms with van der Waals surface area (Å²) in [6, 6.07) is 24.3. The van der Waals surface area contributed by atoms with Crippen molar-refractivity contribution < 1.29 is 14.3 Å². The molecule has 34 heavy (non-hydrogen) atoms. The van der Waals surface area contributed by atoms with Crippen LogP contribution in [0.25, 0.3) is 0 Å². The van der Waals surface area contributed by atoms with E-state index in [0.717, 1.165) is 33.8 Å². The third kappa shape index (κ3) is 5.41. The molecule has 0 radical (unpaired) electrons. The molecular weight excluding hydrogens is 426 g/mol. The van der Waals surface area contributed by atoms with Crippen molar-refractivity contribution in [1.82, 2.24) is 9.78 Å². The molecule has 4 aromatic rings. The molecular formula is C28H27N3O3. The number of nitrogens with two attached hydrogens (primary N) is 1. The Morgan fingerprint density at radius 2 is 1.47 bits per heavy atom. The molecule has 4 rings (SSSR count). The average molecular weight is 454 g/mol. The van der Waals surface area contributed by atoms with E-state index < -0.39 is 5.91 Å². The van der Waals surface area contributed by atoms with Crippen LogP contribution in [0.3, 0.4) is 0 Å². The minimum atomic E-state index is -0.449. The number of hydrogen-bond acceptors (Lipinski definition) is 4. The van der Waals surface area contributed by atoms with Crippen LogP contribution in [0.1, 0.15) is 48.8 Å². The van der Waals surface area contributed by atoms with Gasteiger partial charge in [0.05, 0.1) is 12.2 Å². The smallest absolute Gasteiger partial charge is 0.248 e. The summed E-state index contributed by atoms with van der Waals surface area (Å²) in [5.74, 6) is 0.414. The molecule has 1 aromatic heterocycles. The van der Waals surface area contributed by atoms with Crippen molar-refractivity contribution in [3.63, 3.8) is 0 Å². The highest BCUT2D eigenvalue weighted by molar-refractivity contribution is 5.97. The van der Waals surface area contributed by atoms with Crippen LogP contribution in [0.15, 0.2) is 78.9 Å². The fourth-order valence-corrected chi connectivity index (χ4v) is 3.82. The van der Waals surface area contributed by atoms with E-state index in [4.69, 9.17) is 10.5 Å². The van der Waals surface area contributed by atoms with E-state index in [1.807, 2.05) is 85.3 Å². The van der Waals surface area contributed by atoms with Gasteiger partial charge in [-0.1, -0.05) is 54.6 Å². The van der Waals surface area contributed by atoms with Gasteiger partial charge in [0.1, 0.15) is 12.4 Å². The number of ether oxygens (including phenoxy) is 1. The first-order valence-electron chi connectivity index (χ1n) is 11.1. The van der Waals surface area contributed by atoms with Gasteiger partial charge < -0.3 is 10.5 Å². The number of aryl methyl sites for hydroxylation is 1. The number of carbonyl (C=O) groups is 2. The Kier molecular flexibility index (Phi) is 6.87. The molecule has 0 aliphatic heterocycles. The zero-order valence-corrected chi connectivity index (χ0v) is 19.3. The number of Topliss-reactive ketones (excluding diaryl/α,β-unsaturated/α-hetero) is 1. The molecule has 0 bridgehead atoms. The highest BCUT2D eigenvalue weighted by Gasteiger charge is 2.16. The van der Waals surface area contributed by atoms with Gasteiger partial charge >= 0.3 is 0 Å². The summed E-state index contributed by atoms with van der Waals surface area (Å²) in [6.45, 7) is 4.90. The summed E-state index contributed by atoms with van der Waals surface area (Å²) in [7, 11) is 0. The molecule has 0 spiro atoms. The van der Waals surface area contributed by atoms with Crippen molar-refractivity contribution in [2.24, 2.45) is 5.73 Å². The van der Waals surface area contributed by atoms with Crippen molar-refractivity contribution in [2.75, 3.05) is 0 Å². The molecule has 0 saturated heterocycles. The fourth-order valence-electron chi connectivity index (χ4n) is 3.82. The van der Waals surface area contributed by atoms with E-state index in [-0.39, 0.29) is 12.2 Å². The van der Waals surface area contributed by atoms with E-state index in [1.54, 1.807) is 12.1 Å². The van der Waals surface area contributed by atoms with Crippen molar-refractivity contribution in [1.29, 1.82) is 0 Å². The van der Waals surface area contributed by atoms with Gasteiger partial charge in [-0.25, -0.2) is 0 Å². The SMILES string of the molecule is Cc1nn(Cc2ccc(C(N)=O)cc2)c(C)c1CC(=O)c1ccc(COc2ccccc2)cc1. The van der Waals surface area contributed by atoms with Gasteiger partial charge in [-0.3, -0.25) is 14.3 Å². The lowest BCUT2D eigenvalue weighted by Gasteiger charge is -2.08. The number of amides is 1. The Balaban J connectivity index is 1.40. The summed E-state index contributed by atoms with van der Waals surface area (Å²) in [5.41, 5.74) is 11.2. The molecule has 0 atom stereocenters. The highest BCUT2D eigenvalue weighted by Crippen LogP contribution is 2.19. The second-order valence-electron chi connectivity index (χ2n) is 8.27. The third-order valence-electron chi connectivity index (χ3n) is 5.86. The van der Waals surface area contributed by atoms with Gasteiger partial charge in [-0.05, 0) is 49.2 Å². The zero-order valence-electron chi connectivity index (χ0n) is 19.3. The number of hydrogen-bond donors (Lipinski definition) is 1. The van der Waals surface area contributed by atoms with E-state index in [0.29, 0.717) is 24.3 Å². The van der Waals surface area contributed by atoms with Crippen LogP contribution in [-0.4, -0.2) is 21.5 Å². The molecule has 6 heteroatoms. The van der Waals surface area contributed by atoms with Gasteiger partial charge in [0.25, 0.3) is 0 Å². The summed E-state index contributed by atoms with van der Waals surface area (Å²) in [4.78, 5) is 24.2. The van der Waals surface area contributed by atoms with Crippen LogP contribution in [0, 0.1) is 13.8 Å². The van der Waals surface area contributed by atoms with Crippen molar-refractivity contribution >= 4 is 11.7 Å². The Morgan fingerprint density at radius 1 is 0.853 bits per heavy atom.